The molecule has 25 heavy (non-hydrogen) atoms. The summed E-state index contributed by atoms with van der Waals surface area (Å²) in [7, 11) is 1.57. The fourth-order valence-electron chi connectivity index (χ4n) is 2.36. The smallest absolute Gasteiger partial charge is 0.237 e. The molecule has 0 saturated heterocycles. The minimum Gasteiger partial charge on any atom is -0.495 e. The second kappa shape index (κ2) is 10.2. The van der Waals surface area contributed by atoms with Gasteiger partial charge in [-0.1, -0.05) is 44.2 Å². The Morgan fingerprint density at radius 1 is 1.20 bits per heavy atom. The first-order valence-electron chi connectivity index (χ1n) is 7.91. The maximum atomic E-state index is 12.6. The van der Waals surface area contributed by atoms with Crippen molar-refractivity contribution in [3.63, 3.8) is 0 Å². The molecule has 0 spiro atoms. The van der Waals surface area contributed by atoms with Gasteiger partial charge in [-0.15, -0.1) is 24.2 Å². The summed E-state index contributed by atoms with van der Waals surface area (Å²) in [6.07, 6.45) is 0. The largest absolute Gasteiger partial charge is 0.495 e. The fourth-order valence-corrected chi connectivity index (χ4v) is 3.52. The number of carbonyl (C=O) groups excluding carboxylic acids is 1. The summed E-state index contributed by atoms with van der Waals surface area (Å²) >= 11 is 1.65. The van der Waals surface area contributed by atoms with Crippen molar-refractivity contribution in [2.45, 2.75) is 24.9 Å². The van der Waals surface area contributed by atoms with Crippen molar-refractivity contribution >= 4 is 41.5 Å². The predicted octanol–water partition coefficient (Wildman–Crippen LogP) is 4.60. The number of nitrogens with two attached hydrogens (primary N) is 1. The lowest BCUT2D eigenvalue weighted by Crippen LogP contribution is -2.29. The highest BCUT2D eigenvalue weighted by Gasteiger charge is 2.23. The van der Waals surface area contributed by atoms with Crippen LogP contribution < -0.4 is 15.8 Å². The SMILES string of the molecule is COc1ccc(NC(=O)C(SCc2ccccc2)C(C)C)cc1N.Cl. The van der Waals surface area contributed by atoms with Gasteiger partial charge in [0.1, 0.15) is 5.75 Å². The van der Waals surface area contributed by atoms with E-state index in [1.165, 1.54) is 5.56 Å². The number of carbonyl (C=O) groups is 1. The van der Waals surface area contributed by atoms with Crippen LogP contribution in [0.5, 0.6) is 5.75 Å². The van der Waals surface area contributed by atoms with Crippen LogP contribution in [-0.2, 0) is 10.5 Å². The Balaban J connectivity index is 0.00000312. The molecule has 0 aliphatic heterocycles. The number of nitrogens with one attached hydrogen (secondary N) is 1. The number of nitrogen functional groups attached to an aromatic ring is 1. The van der Waals surface area contributed by atoms with Crippen LogP contribution in [0, 0.1) is 5.92 Å². The van der Waals surface area contributed by atoms with Gasteiger partial charge in [0.15, 0.2) is 0 Å². The van der Waals surface area contributed by atoms with Gasteiger partial charge in [-0.05, 0) is 29.7 Å². The molecule has 4 nitrogen and oxygen atoms in total. The molecule has 0 bridgehead atoms. The van der Waals surface area contributed by atoms with Gasteiger partial charge in [0.05, 0.1) is 18.0 Å². The lowest BCUT2D eigenvalue weighted by Gasteiger charge is -2.20. The van der Waals surface area contributed by atoms with Gasteiger partial charge in [0.25, 0.3) is 0 Å². The molecule has 0 aliphatic carbocycles. The van der Waals surface area contributed by atoms with E-state index in [0.717, 1.165) is 5.75 Å². The zero-order valence-electron chi connectivity index (χ0n) is 14.7. The molecule has 1 unspecified atom stereocenters. The molecule has 2 aromatic rings. The fraction of sp³-hybridized carbons (Fsp3) is 0.316. The summed E-state index contributed by atoms with van der Waals surface area (Å²) in [4.78, 5) is 12.6. The Hall–Kier alpha value is -1.85. The van der Waals surface area contributed by atoms with Gasteiger partial charge in [0, 0.05) is 11.4 Å². The first-order valence-corrected chi connectivity index (χ1v) is 8.96. The number of rotatable bonds is 7. The van der Waals surface area contributed by atoms with E-state index >= 15 is 0 Å². The molecule has 136 valence electrons. The van der Waals surface area contributed by atoms with Crippen molar-refractivity contribution < 1.29 is 9.53 Å². The third-order valence-electron chi connectivity index (χ3n) is 3.63. The second-order valence-electron chi connectivity index (χ2n) is 5.91. The van der Waals surface area contributed by atoms with Crippen molar-refractivity contribution in [3.05, 3.63) is 54.1 Å². The van der Waals surface area contributed by atoms with E-state index in [1.54, 1.807) is 37.1 Å². The normalized spacial score (nSPS) is 11.5. The van der Waals surface area contributed by atoms with E-state index in [9.17, 15) is 4.79 Å². The Bertz CT molecular complexity index is 680. The molecule has 3 N–H and O–H groups in total. The Morgan fingerprint density at radius 3 is 2.44 bits per heavy atom. The van der Waals surface area contributed by atoms with E-state index in [-0.39, 0.29) is 29.5 Å². The summed E-state index contributed by atoms with van der Waals surface area (Å²) in [6, 6.07) is 15.4. The van der Waals surface area contributed by atoms with Crippen LogP contribution in [0.25, 0.3) is 0 Å². The van der Waals surface area contributed by atoms with Gasteiger partial charge in [-0.3, -0.25) is 4.79 Å². The summed E-state index contributed by atoms with van der Waals surface area (Å²) in [6.45, 7) is 4.12. The number of halogens is 1. The number of methoxy groups -OCH3 is 1. The topological polar surface area (TPSA) is 64.3 Å². The highest BCUT2D eigenvalue weighted by Crippen LogP contribution is 2.28. The average Bonchev–Trinajstić information content (AvgIpc) is 2.56. The molecule has 1 amide bonds. The molecule has 1 atom stereocenters. The van der Waals surface area contributed by atoms with Crippen molar-refractivity contribution in [3.8, 4) is 5.75 Å². The minimum absolute atomic E-state index is 0. The molecule has 0 fully saturated rings. The molecule has 6 heteroatoms. The van der Waals surface area contributed by atoms with Crippen LogP contribution in [0.3, 0.4) is 0 Å². The number of benzene rings is 2. The van der Waals surface area contributed by atoms with E-state index in [2.05, 4.69) is 31.3 Å². The van der Waals surface area contributed by atoms with Gasteiger partial charge in [-0.2, -0.15) is 0 Å². The van der Waals surface area contributed by atoms with Crippen LogP contribution in [0.1, 0.15) is 19.4 Å². The summed E-state index contributed by atoms with van der Waals surface area (Å²) < 4.78 is 5.14. The number of anilines is 2. The lowest BCUT2D eigenvalue weighted by molar-refractivity contribution is -0.116. The zero-order valence-corrected chi connectivity index (χ0v) is 16.3. The van der Waals surface area contributed by atoms with Crippen LogP contribution in [0.2, 0.25) is 0 Å². The maximum absolute atomic E-state index is 12.6. The highest BCUT2D eigenvalue weighted by molar-refractivity contribution is 7.99. The molecule has 0 heterocycles. The van der Waals surface area contributed by atoms with Crippen molar-refractivity contribution in [1.29, 1.82) is 0 Å². The molecular formula is C19H25ClN2O2S. The van der Waals surface area contributed by atoms with Gasteiger partial charge in [0.2, 0.25) is 5.91 Å². The van der Waals surface area contributed by atoms with Gasteiger partial charge in [-0.25, -0.2) is 0 Å². The van der Waals surface area contributed by atoms with E-state index in [1.807, 2.05) is 18.2 Å². The van der Waals surface area contributed by atoms with Crippen LogP contribution in [0.4, 0.5) is 11.4 Å². The monoisotopic (exact) mass is 380 g/mol. The predicted molar refractivity (Wildman–Crippen MR) is 110 cm³/mol. The average molecular weight is 381 g/mol. The lowest BCUT2D eigenvalue weighted by atomic mass is 10.1. The van der Waals surface area contributed by atoms with Crippen molar-refractivity contribution in [2.24, 2.45) is 5.92 Å². The third-order valence-corrected chi connectivity index (χ3v) is 5.25. The molecule has 0 aromatic heterocycles. The first-order chi connectivity index (χ1) is 11.5. The number of ether oxygens (including phenoxy) is 1. The zero-order chi connectivity index (χ0) is 17.5. The van der Waals surface area contributed by atoms with E-state index < -0.39 is 0 Å². The van der Waals surface area contributed by atoms with Gasteiger partial charge >= 0.3 is 0 Å². The Labute approximate surface area is 159 Å². The van der Waals surface area contributed by atoms with E-state index in [0.29, 0.717) is 17.1 Å². The Morgan fingerprint density at radius 2 is 1.88 bits per heavy atom. The van der Waals surface area contributed by atoms with Gasteiger partial charge < -0.3 is 15.8 Å². The number of amides is 1. The molecule has 0 saturated carbocycles. The summed E-state index contributed by atoms with van der Waals surface area (Å²) in [5.74, 6) is 1.64. The highest BCUT2D eigenvalue weighted by atomic mass is 35.5. The number of hydrogen-bond acceptors (Lipinski definition) is 4. The molecular weight excluding hydrogens is 356 g/mol. The molecule has 2 rings (SSSR count). The summed E-state index contributed by atoms with van der Waals surface area (Å²) in [5.41, 5.74) is 8.31. The van der Waals surface area contributed by atoms with Crippen LogP contribution >= 0.6 is 24.2 Å². The molecule has 2 aromatic carbocycles. The number of hydrogen-bond donors (Lipinski definition) is 2. The Kier molecular flexibility index (Phi) is 8.66. The standard InChI is InChI=1S/C19H24N2O2S.ClH/c1-13(2)18(24-12-14-7-5-4-6-8-14)19(22)21-15-9-10-17(23-3)16(20)11-15;/h4-11,13,18H,12,20H2,1-3H3,(H,21,22);1H. The first kappa shape index (κ1) is 21.2. The van der Waals surface area contributed by atoms with Crippen LogP contribution in [-0.4, -0.2) is 18.3 Å². The molecule has 0 radical (unpaired) electrons. The minimum atomic E-state index is -0.131. The maximum Gasteiger partial charge on any atom is 0.237 e. The van der Waals surface area contributed by atoms with Crippen LogP contribution in [0.15, 0.2) is 48.5 Å². The number of thioether (sulfide) groups is 1. The third kappa shape index (κ3) is 6.18. The quantitative estimate of drug-likeness (QED) is 0.689. The van der Waals surface area contributed by atoms with Crippen molar-refractivity contribution in [1.82, 2.24) is 0 Å². The summed E-state index contributed by atoms with van der Waals surface area (Å²) in [5, 5.41) is 2.83. The van der Waals surface area contributed by atoms with Crippen molar-refractivity contribution in [2.75, 3.05) is 18.2 Å². The van der Waals surface area contributed by atoms with E-state index in [4.69, 9.17) is 10.5 Å². The molecule has 0 aliphatic rings. The second-order valence-corrected chi connectivity index (χ2v) is 7.04.